The van der Waals surface area contributed by atoms with Crippen molar-refractivity contribution >= 4 is 33.5 Å². The van der Waals surface area contributed by atoms with E-state index in [0.717, 1.165) is 6.07 Å². The first-order valence-electron chi connectivity index (χ1n) is 6.72. The molecule has 0 saturated heterocycles. The first kappa shape index (κ1) is 16.8. The van der Waals surface area contributed by atoms with Crippen LogP contribution < -0.4 is 10.1 Å². The number of rotatable bonds is 5. The van der Waals surface area contributed by atoms with Crippen LogP contribution in [0.15, 0.2) is 40.9 Å². The molecule has 1 amide bonds. The third kappa shape index (κ3) is 4.01. The number of benzene rings is 2. The number of phenols is 1. The van der Waals surface area contributed by atoms with Crippen molar-refractivity contribution in [3.63, 3.8) is 0 Å². The summed E-state index contributed by atoms with van der Waals surface area (Å²) < 4.78 is 6.10. The summed E-state index contributed by atoms with van der Waals surface area (Å²) in [6.07, 6.45) is 0. The van der Waals surface area contributed by atoms with Crippen molar-refractivity contribution in [1.82, 2.24) is 0 Å². The van der Waals surface area contributed by atoms with Crippen LogP contribution in [0.2, 0.25) is 0 Å². The van der Waals surface area contributed by atoms with Gasteiger partial charge in [-0.2, -0.15) is 0 Å². The zero-order chi connectivity index (χ0) is 17.0. The van der Waals surface area contributed by atoms with Gasteiger partial charge in [-0.1, -0.05) is 15.9 Å². The molecule has 3 N–H and O–H groups in total. The number of aromatic hydroxyl groups is 1. The Labute approximate surface area is 140 Å². The van der Waals surface area contributed by atoms with Crippen LogP contribution in [0.25, 0.3) is 0 Å². The fraction of sp³-hybridized carbons (Fsp3) is 0.125. The summed E-state index contributed by atoms with van der Waals surface area (Å²) in [5.74, 6) is -1.57. The zero-order valence-corrected chi connectivity index (χ0v) is 13.8. The molecular formula is C16H14BrNO5. The van der Waals surface area contributed by atoms with Crippen LogP contribution in [0.3, 0.4) is 0 Å². The summed E-state index contributed by atoms with van der Waals surface area (Å²) in [6.45, 7) is 2.19. The van der Waals surface area contributed by atoms with E-state index in [1.54, 1.807) is 25.1 Å². The number of nitrogens with one attached hydrogen (secondary N) is 1. The lowest BCUT2D eigenvalue weighted by Crippen LogP contribution is -2.16. The molecule has 0 aliphatic heterocycles. The molecule has 0 bridgehead atoms. The number of carbonyl (C=O) groups excluding carboxylic acids is 1. The lowest BCUT2D eigenvalue weighted by Gasteiger charge is -2.12. The Morgan fingerprint density at radius 3 is 2.57 bits per heavy atom. The van der Waals surface area contributed by atoms with Gasteiger partial charge in [0.15, 0.2) is 0 Å². The molecular weight excluding hydrogens is 366 g/mol. The van der Waals surface area contributed by atoms with Crippen molar-refractivity contribution in [3.05, 3.63) is 52.0 Å². The Hall–Kier alpha value is -2.54. The average Bonchev–Trinajstić information content (AvgIpc) is 2.50. The van der Waals surface area contributed by atoms with Gasteiger partial charge in [0.1, 0.15) is 11.5 Å². The van der Waals surface area contributed by atoms with E-state index in [1.807, 2.05) is 0 Å². The minimum Gasteiger partial charge on any atom is -0.508 e. The molecule has 0 heterocycles. The Morgan fingerprint density at radius 1 is 1.17 bits per heavy atom. The fourth-order valence-electron chi connectivity index (χ4n) is 1.97. The molecule has 2 aromatic rings. The normalized spacial score (nSPS) is 10.2. The number of ether oxygens (including phenoxy) is 1. The monoisotopic (exact) mass is 379 g/mol. The van der Waals surface area contributed by atoms with Crippen molar-refractivity contribution in [1.29, 1.82) is 0 Å². The minimum absolute atomic E-state index is 0.0859. The third-order valence-corrected chi connectivity index (χ3v) is 3.46. The molecule has 0 saturated carbocycles. The predicted molar refractivity (Wildman–Crippen MR) is 88.3 cm³/mol. The number of aromatic carboxylic acids is 1. The maximum absolute atomic E-state index is 12.5. The van der Waals surface area contributed by atoms with Crippen molar-refractivity contribution in [3.8, 4) is 11.5 Å². The summed E-state index contributed by atoms with van der Waals surface area (Å²) in [5, 5.41) is 21.1. The van der Waals surface area contributed by atoms with E-state index in [1.165, 1.54) is 12.1 Å². The Kier molecular flexibility index (Phi) is 5.23. The highest BCUT2D eigenvalue weighted by Gasteiger charge is 2.17. The molecule has 7 heteroatoms. The van der Waals surface area contributed by atoms with Gasteiger partial charge in [-0.15, -0.1) is 0 Å². The van der Waals surface area contributed by atoms with Crippen molar-refractivity contribution in [2.24, 2.45) is 0 Å². The number of amides is 1. The van der Waals surface area contributed by atoms with Crippen molar-refractivity contribution in [2.75, 3.05) is 11.9 Å². The summed E-state index contributed by atoms with van der Waals surface area (Å²) >= 11 is 3.29. The highest BCUT2D eigenvalue weighted by molar-refractivity contribution is 9.10. The van der Waals surface area contributed by atoms with Crippen LogP contribution in [0, 0.1) is 0 Å². The van der Waals surface area contributed by atoms with E-state index in [-0.39, 0.29) is 22.6 Å². The van der Waals surface area contributed by atoms with Gasteiger partial charge in [0.2, 0.25) is 0 Å². The second-order valence-electron chi connectivity index (χ2n) is 4.56. The molecule has 0 aliphatic rings. The van der Waals surface area contributed by atoms with Crippen LogP contribution in [0.1, 0.15) is 27.6 Å². The first-order chi connectivity index (χ1) is 10.9. The summed E-state index contributed by atoms with van der Waals surface area (Å²) in [7, 11) is 0. The van der Waals surface area contributed by atoms with Gasteiger partial charge in [-0.25, -0.2) is 4.79 Å². The van der Waals surface area contributed by atoms with Crippen LogP contribution in [-0.2, 0) is 0 Å². The smallest absolute Gasteiger partial charge is 0.337 e. The quantitative estimate of drug-likeness (QED) is 0.690. The molecule has 2 rings (SSSR count). The van der Waals surface area contributed by atoms with Crippen LogP contribution in [0.4, 0.5) is 5.69 Å². The van der Waals surface area contributed by atoms with Gasteiger partial charge < -0.3 is 20.3 Å². The number of hydrogen-bond acceptors (Lipinski definition) is 4. The lowest BCUT2D eigenvalue weighted by molar-refractivity contribution is 0.0697. The first-order valence-corrected chi connectivity index (χ1v) is 7.51. The molecule has 23 heavy (non-hydrogen) atoms. The highest BCUT2D eigenvalue weighted by atomic mass is 79.9. The maximum Gasteiger partial charge on any atom is 0.337 e. The SMILES string of the molecule is CCOc1ccc(Br)cc1C(=O)Nc1ccc(O)cc1C(=O)O. The Balaban J connectivity index is 2.37. The van der Waals surface area contributed by atoms with E-state index in [2.05, 4.69) is 21.2 Å². The largest absolute Gasteiger partial charge is 0.508 e. The number of carboxylic acids is 1. The molecule has 0 unspecified atom stereocenters. The summed E-state index contributed by atoms with van der Waals surface area (Å²) in [6, 6.07) is 8.67. The Bertz CT molecular complexity index is 760. The molecule has 0 fully saturated rings. The molecule has 0 aliphatic carbocycles. The van der Waals surface area contributed by atoms with Gasteiger partial charge >= 0.3 is 5.97 Å². The highest BCUT2D eigenvalue weighted by Crippen LogP contribution is 2.26. The molecule has 120 valence electrons. The van der Waals surface area contributed by atoms with Crippen LogP contribution in [0.5, 0.6) is 11.5 Å². The minimum atomic E-state index is -1.25. The van der Waals surface area contributed by atoms with Gasteiger partial charge in [0.05, 0.1) is 23.4 Å². The molecule has 0 radical (unpaired) electrons. The van der Waals surface area contributed by atoms with Crippen molar-refractivity contribution in [2.45, 2.75) is 6.92 Å². The third-order valence-electron chi connectivity index (χ3n) is 2.97. The van der Waals surface area contributed by atoms with Gasteiger partial charge in [0, 0.05) is 4.47 Å². The van der Waals surface area contributed by atoms with Gasteiger partial charge in [0.25, 0.3) is 5.91 Å². The molecule has 0 aromatic heterocycles. The average molecular weight is 380 g/mol. The second kappa shape index (κ2) is 7.15. The summed E-state index contributed by atoms with van der Waals surface area (Å²) in [5.41, 5.74) is 0.152. The molecule has 0 spiro atoms. The maximum atomic E-state index is 12.5. The molecule has 6 nitrogen and oxygen atoms in total. The number of anilines is 1. The number of carbonyl (C=O) groups is 2. The van der Waals surface area contributed by atoms with E-state index in [4.69, 9.17) is 9.84 Å². The van der Waals surface area contributed by atoms with Gasteiger partial charge in [-0.05, 0) is 43.3 Å². The van der Waals surface area contributed by atoms with Crippen molar-refractivity contribution < 1.29 is 24.5 Å². The standard InChI is InChI=1S/C16H14BrNO5/c1-2-23-14-6-3-9(17)7-12(14)15(20)18-13-5-4-10(19)8-11(13)16(21)22/h3-8,19H,2H2,1H3,(H,18,20)(H,21,22). The van der Waals surface area contributed by atoms with Gasteiger partial charge in [-0.3, -0.25) is 4.79 Å². The molecule has 0 atom stereocenters. The number of carboxylic acid groups (broad SMARTS) is 1. The number of hydrogen-bond donors (Lipinski definition) is 3. The van der Waals surface area contributed by atoms with E-state index in [0.29, 0.717) is 16.8 Å². The van der Waals surface area contributed by atoms with E-state index >= 15 is 0 Å². The number of halogens is 1. The fourth-order valence-corrected chi connectivity index (χ4v) is 2.33. The second-order valence-corrected chi connectivity index (χ2v) is 5.48. The summed E-state index contributed by atoms with van der Waals surface area (Å²) in [4.78, 5) is 23.7. The zero-order valence-electron chi connectivity index (χ0n) is 12.2. The molecule has 2 aromatic carbocycles. The topological polar surface area (TPSA) is 95.9 Å². The lowest BCUT2D eigenvalue weighted by atomic mass is 10.1. The van der Waals surface area contributed by atoms with Crippen LogP contribution in [-0.4, -0.2) is 28.7 Å². The van der Waals surface area contributed by atoms with Crippen LogP contribution >= 0.6 is 15.9 Å². The van der Waals surface area contributed by atoms with E-state index < -0.39 is 11.9 Å². The number of phenolic OH excluding ortho intramolecular Hbond substituents is 1. The van der Waals surface area contributed by atoms with E-state index in [9.17, 15) is 14.7 Å². The Morgan fingerprint density at radius 2 is 1.91 bits per heavy atom. The predicted octanol–water partition coefficient (Wildman–Crippen LogP) is 3.50.